The van der Waals surface area contributed by atoms with Crippen molar-refractivity contribution in [2.24, 2.45) is 0 Å². The van der Waals surface area contributed by atoms with Gasteiger partial charge in [0.25, 0.3) is 0 Å². The fraction of sp³-hybridized carbons (Fsp3) is 0.182. The molecule has 0 unspecified atom stereocenters. The normalized spacial score (nSPS) is 13.6. The standard InChI is InChI=1S/C22H24NP/c1-18(23-2)22(19-12-6-3-7-13-19)24(20-14-8-4-9-15-20)21-16-10-5-11-17-21/h3-18,22-23H,1-2H3/t18-,22+/m0/s1. The Balaban J connectivity index is 2.14. The van der Waals surface area contributed by atoms with E-state index in [2.05, 4.69) is 110 Å². The molecule has 0 aliphatic rings. The molecule has 2 heteroatoms. The minimum atomic E-state index is -0.498. The first-order valence-electron chi connectivity index (χ1n) is 8.43. The van der Waals surface area contributed by atoms with E-state index in [4.69, 9.17) is 0 Å². The minimum Gasteiger partial charge on any atom is -0.316 e. The Hall–Kier alpha value is -1.95. The number of benzene rings is 3. The molecule has 0 saturated heterocycles. The Labute approximate surface area is 146 Å². The van der Waals surface area contributed by atoms with Crippen LogP contribution in [0, 0.1) is 0 Å². The summed E-state index contributed by atoms with van der Waals surface area (Å²) in [4.78, 5) is 0. The molecule has 0 aromatic heterocycles. The molecule has 0 saturated carbocycles. The lowest BCUT2D eigenvalue weighted by atomic mass is 10.1. The van der Waals surface area contributed by atoms with Crippen LogP contribution >= 0.6 is 7.92 Å². The predicted molar refractivity (Wildman–Crippen MR) is 107 cm³/mol. The molecule has 122 valence electrons. The minimum absolute atomic E-state index is 0.388. The average Bonchev–Trinajstić information content (AvgIpc) is 2.67. The van der Waals surface area contributed by atoms with Gasteiger partial charge >= 0.3 is 0 Å². The average molecular weight is 333 g/mol. The summed E-state index contributed by atoms with van der Waals surface area (Å²) in [5, 5.41) is 6.35. The fourth-order valence-electron chi connectivity index (χ4n) is 3.12. The summed E-state index contributed by atoms with van der Waals surface area (Å²) < 4.78 is 0. The molecule has 0 heterocycles. The van der Waals surface area contributed by atoms with Gasteiger partial charge in [0.05, 0.1) is 0 Å². The van der Waals surface area contributed by atoms with Crippen molar-refractivity contribution in [3.8, 4) is 0 Å². The van der Waals surface area contributed by atoms with E-state index in [1.54, 1.807) is 0 Å². The van der Waals surface area contributed by atoms with E-state index in [0.29, 0.717) is 11.7 Å². The highest BCUT2D eigenvalue weighted by Crippen LogP contribution is 2.51. The number of likely N-dealkylation sites (N-methyl/N-ethyl adjacent to an activating group) is 1. The highest BCUT2D eigenvalue weighted by atomic mass is 31.1. The monoisotopic (exact) mass is 333 g/mol. The molecule has 0 bridgehead atoms. The van der Waals surface area contributed by atoms with Crippen LogP contribution in [-0.4, -0.2) is 13.1 Å². The number of hydrogen-bond donors (Lipinski definition) is 1. The van der Waals surface area contributed by atoms with Crippen LogP contribution in [0.25, 0.3) is 0 Å². The molecule has 0 fully saturated rings. The molecular weight excluding hydrogens is 309 g/mol. The topological polar surface area (TPSA) is 12.0 Å². The van der Waals surface area contributed by atoms with Gasteiger partial charge in [0.2, 0.25) is 0 Å². The molecule has 24 heavy (non-hydrogen) atoms. The molecule has 3 aromatic rings. The predicted octanol–water partition coefficient (Wildman–Crippen LogP) is 4.47. The molecule has 0 aliphatic carbocycles. The molecular formula is C22H24NP. The van der Waals surface area contributed by atoms with Crippen molar-refractivity contribution in [3.05, 3.63) is 96.6 Å². The maximum absolute atomic E-state index is 3.50. The van der Waals surface area contributed by atoms with Crippen LogP contribution in [0.2, 0.25) is 0 Å². The second kappa shape index (κ2) is 8.24. The van der Waals surface area contributed by atoms with Crippen LogP contribution in [0.15, 0.2) is 91.0 Å². The number of hydrogen-bond acceptors (Lipinski definition) is 1. The second-order valence-electron chi connectivity index (χ2n) is 5.97. The lowest BCUT2D eigenvalue weighted by molar-refractivity contribution is 0.594. The lowest BCUT2D eigenvalue weighted by Gasteiger charge is -2.33. The third kappa shape index (κ3) is 3.75. The third-order valence-corrected chi connectivity index (χ3v) is 7.43. The molecule has 0 aliphatic heterocycles. The van der Waals surface area contributed by atoms with Gasteiger partial charge in [-0.2, -0.15) is 0 Å². The Morgan fingerprint density at radius 2 is 1.08 bits per heavy atom. The summed E-state index contributed by atoms with van der Waals surface area (Å²) in [7, 11) is 1.56. The van der Waals surface area contributed by atoms with Gasteiger partial charge in [0, 0.05) is 11.7 Å². The van der Waals surface area contributed by atoms with E-state index in [1.165, 1.54) is 16.2 Å². The number of rotatable bonds is 6. The van der Waals surface area contributed by atoms with E-state index >= 15 is 0 Å². The molecule has 0 spiro atoms. The van der Waals surface area contributed by atoms with Crippen molar-refractivity contribution in [2.45, 2.75) is 18.6 Å². The molecule has 1 nitrogen and oxygen atoms in total. The highest BCUT2D eigenvalue weighted by Gasteiger charge is 2.29. The zero-order valence-electron chi connectivity index (χ0n) is 14.3. The van der Waals surface area contributed by atoms with Gasteiger partial charge in [0.15, 0.2) is 0 Å². The van der Waals surface area contributed by atoms with E-state index in [1.807, 2.05) is 0 Å². The Morgan fingerprint density at radius 3 is 1.50 bits per heavy atom. The summed E-state index contributed by atoms with van der Waals surface area (Å²) in [6, 6.07) is 33.2. The maximum Gasteiger partial charge on any atom is 0.0273 e. The first kappa shape index (κ1) is 16.9. The summed E-state index contributed by atoms with van der Waals surface area (Å²) in [6.07, 6.45) is 0. The largest absolute Gasteiger partial charge is 0.316 e. The molecule has 2 atom stereocenters. The van der Waals surface area contributed by atoms with Crippen LogP contribution in [0.3, 0.4) is 0 Å². The van der Waals surface area contributed by atoms with Gasteiger partial charge in [-0.1, -0.05) is 91.0 Å². The Kier molecular flexibility index (Phi) is 5.80. The zero-order chi connectivity index (χ0) is 16.8. The van der Waals surface area contributed by atoms with Gasteiger partial charge in [-0.25, -0.2) is 0 Å². The SMILES string of the molecule is CN[C@@H](C)[C@H](c1ccccc1)P(c1ccccc1)c1ccccc1. The van der Waals surface area contributed by atoms with Crippen LogP contribution in [0.5, 0.6) is 0 Å². The summed E-state index contributed by atoms with van der Waals surface area (Å²) in [5.74, 6) is 0. The third-order valence-electron chi connectivity index (χ3n) is 4.42. The van der Waals surface area contributed by atoms with Gasteiger partial charge < -0.3 is 5.32 Å². The van der Waals surface area contributed by atoms with Crippen molar-refractivity contribution in [1.82, 2.24) is 5.32 Å². The molecule has 0 amide bonds. The Bertz CT molecular complexity index is 688. The van der Waals surface area contributed by atoms with Gasteiger partial charge in [0.1, 0.15) is 0 Å². The zero-order valence-corrected chi connectivity index (χ0v) is 15.2. The Morgan fingerprint density at radius 1 is 0.667 bits per heavy atom. The lowest BCUT2D eigenvalue weighted by Crippen LogP contribution is -2.32. The highest BCUT2D eigenvalue weighted by molar-refractivity contribution is 7.73. The summed E-state index contributed by atoms with van der Waals surface area (Å²) in [6.45, 7) is 2.29. The van der Waals surface area contributed by atoms with Crippen LogP contribution in [0.4, 0.5) is 0 Å². The molecule has 0 radical (unpaired) electrons. The van der Waals surface area contributed by atoms with E-state index in [0.717, 1.165) is 0 Å². The van der Waals surface area contributed by atoms with Gasteiger partial charge in [-0.3, -0.25) is 0 Å². The second-order valence-corrected chi connectivity index (χ2v) is 8.30. The van der Waals surface area contributed by atoms with Crippen molar-refractivity contribution >= 4 is 18.5 Å². The summed E-state index contributed by atoms with van der Waals surface area (Å²) in [5.41, 5.74) is 1.83. The first-order valence-corrected chi connectivity index (χ1v) is 9.84. The first-order chi connectivity index (χ1) is 11.8. The molecule has 3 rings (SSSR count). The quantitative estimate of drug-likeness (QED) is 0.656. The van der Waals surface area contributed by atoms with Crippen molar-refractivity contribution in [1.29, 1.82) is 0 Å². The fourth-order valence-corrected chi connectivity index (χ4v) is 6.11. The van der Waals surface area contributed by atoms with E-state index < -0.39 is 7.92 Å². The molecule has 3 aromatic carbocycles. The van der Waals surface area contributed by atoms with E-state index in [-0.39, 0.29) is 0 Å². The van der Waals surface area contributed by atoms with Crippen LogP contribution in [-0.2, 0) is 0 Å². The van der Waals surface area contributed by atoms with Crippen molar-refractivity contribution in [2.75, 3.05) is 7.05 Å². The van der Waals surface area contributed by atoms with Crippen LogP contribution in [0.1, 0.15) is 18.1 Å². The summed E-state index contributed by atoms with van der Waals surface area (Å²) >= 11 is 0. The van der Waals surface area contributed by atoms with Crippen LogP contribution < -0.4 is 15.9 Å². The van der Waals surface area contributed by atoms with E-state index in [9.17, 15) is 0 Å². The van der Waals surface area contributed by atoms with Gasteiger partial charge in [-0.05, 0) is 38.1 Å². The van der Waals surface area contributed by atoms with Gasteiger partial charge in [-0.15, -0.1) is 0 Å². The van der Waals surface area contributed by atoms with Crippen molar-refractivity contribution in [3.63, 3.8) is 0 Å². The maximum atomic E-state index is 3.50. The molecule has 1 N–H and O–H groups in total. The van der Waals surface area contributed by atoms with Crippen molar-refractivity contribution < 1.29 is 0 Å². The number of nitrogens with one attached hydrogen (secondary N) is 1. The smallest absolute Gasteiger partial charge is 0.0273 e.